The zero-order valence-electron chi connectivity index (χ0n) is 16.8. The van der Waals surface area contributed by atoms with Gasteiger partial charge in [0.05, 0.1) is 14.2 Å². The lowest BCUT2D eigenvalue weighted by molar-refractivity contribution is 0.111. The number of carbonyl (C=O) groups excluding carboxylic acids is 1. The Kier molecular flexibility index (Phi) is 7.16. The van der Waals surface area contributed by atoms with Crippen LogP contribution < -0.4 is 19.5 Å². The molecule has 0 unspecified atom stereocenters. The predicted molar refractivity (Wildman–Crippen MR) is 108 cm³/mol. The maximum atomic E-state index is 13.0. The number of likely N-dealkylation sites (tertiary alicyclic amines) is 1. The number of piperidine rings is 1. The summed E-state index contributed by atoms with van der Waals surface area (Å²) in [6, 6.07) is 11.7. The molecule has 1 aliphatic heterocycles. The Balaban J connectivity index is 1.43. The third-order valence-corrected chi connectivity index (χ3v) is 5.00. The molecule has 0 aliphatic carbocycles. The van der Waals surface area contributed by atoms with E-state index in [0.717, 1.165) is 18.4 Å². The molecular weight excluding hydrogens is 375 g/mol. The van der Waals surface area contributed by atoms with Crippen LogP contribution in [0.4, 0.5) is 9.18 Å². The molecule has 3 rings (SSSR count). The maximum Gasteiger partial charge on any atom is 0.317 e. The number of methoxy groups -OCH3 is 2. The molecule has 0 spiro atoms. The summed E-state index contributed by atoms with van der Waals surface area (Å²) in [5, 5.41) is 2.97. The lowest BCUT2D eigenvalue weighted by Crippen LogP contribution is -2.46. The number of amides is 2. The van der Waals surface area contributed by atoms with Gasteiger partial charge in [-0.15, -0.1) is 0 Å². The van der Waals surface area contributed by atoms with E-state index in [4.69, 9.17) is 14.2 Å². The van der Waals surface area contributed by atoms with Crippen molar-refractivity contribution in [3.05, 3.63) is 53.8 Å². The number of nitrogens with one attached hydrogen (secondary N) is 1. The van der Waals surface area contributed by atoms with Crippen molar-refractivity contribution in [1.82, 2.24) is 10.2 Å². The smallest absolute Gasteiger partial charge is 0.317 e. The molecule has 0 atom stereocenters. The highest BCUT2D eigenvalue weighted by Crippen LogP contribution is 2.30. The SMILES string of the molecule is COc1cccc(CCNC(=O)N2CCC(Oc3ccc(F)cc3)CC2)c1OC. The molecule has 2 aromatic carbocycles. The standard InChI is InChI=1S/C22H27FN2O4/c1-27-20-5-3-4-16(21(20)28-2)10-13-24-22(26)25-14-11-19(12-15-25)29-18-8-6-17(23)7-9-18/h3-9,19H,10-15H2,1-2H3,(H,24,26). The van der Waals surface area contributed by atoms with E-state index < -0.39 is 0 Å². The zero-order valence-corrected chi connectivity index (χ0v) is 16.8. The molecule has 1 N–H and O–H groups in total. The lowest BCUT2D eigenvalue weighted by Gasteiger charge is -2.32. The van der Waals surface area contributed by atoms with Gasteiger partial charge in [-0.25, -0.2) is 9.18 Å². The quantitative estimate of drug-likeness (QED) is 0.768. The van der Waals surface area contributed by atoms with Gasteiger partial charge in [0.15, 0.2) is 11.5 Å². The second-order valence-corrected chi connectivity index (χ2v) is 6.89. The van der Waals surface area contributed by atoms with E-state index in [1.807, 2.05) is 18.2 Å². The van der Waals surface area contributed by atoms with Crippen molar-refractivity contribution >= 4 is 6.03 Å². The second kappa shape index (κ2) is 10.0. The predicted octanol–water partition coefficient (Wildman–Crippen LogP) is 3.64. The van der Waals surface area contributed by atoms with Crippen LogP contribution in [0.15, 0.2) is 42.5 Å². The molecule has 1 fully saturated rings. The van der Waals surface area contributed by atoms with E-state index in [1.54, 1.807) is 31.3 Å². The molecule has 1 aliphatic rings. The van der Waals surface area contributed by atoms with Crippen LogP contribution in [0, 0.1) is 5.82 Å². The molecule has 0 bridgehead atoms. The molecule has 2 aromatic rings. The number of halogens is 1. The first kappa shape index (κ1) is 20.8. The number of para-hydroxylation sites is 1. The van der Waals surface area contributed by atoms with Crippen LogP contribution in [0.25, 0.3) is 0 Å². The van der Waals surface area contributed by atoms with Crippen molar-refractivity contribution in [2.75, 3.05) is 33.9 Å². The van der Waals surface area contributed by atoms with Gasteiger partial charge in [0, 0.05) is 32.5 Å². The Morgan fingerprint density at radius 3 is 2.48 bits per heavy atom. The van der Waals surface area contributed by atoms with Crippen LogP contribution >= 0.6 is 0 Å². The van der Waals surface area contributed by atoms with Gasteiger partial charge in [0.1, 0.15) is 17.7 Å². The van der Waals surface area contributed by atoms with Gasteiger partial charge >= 0.3 is 6.03 Å². The van der Waals surface area contributed by atoms with E-state index in [0.29, 0.717) is 43.3 Å². The summed E-state index contributed by atoms with van der Waals surface area (Å²) in [5.41, 5.74) is 0.985. The Morgan fingerprint density at radius 2 is 1.83 bits per heavy atom. The summed E-state index contributed by atoms with van der Waals surface area (Å²) in [6.45, 7) is 1.76. The highest BCUT2D eigenvalue weighted by molar-refractivity contribution is 5.74. The second-order valence-electron chi connectivity index (χ2n) is 6.89. The molecule has 1 heterocycles. The molecule has 7 heteroatoms. The van der Waals surface area contributed by atoms with E-state index in [9.17, 15) is 9.18 Å². The molecule has 156 valence electrons. The van der Waals surface area contributed by atoms with Crippen LogP contribution in [-0.4, -0.2) is 50.9 Å². The molecule has 2 amide bonds. The number of hydrogen-bond acceptors (Lipinski definition) is 4. The summed E-state index contributed by atoms with van der Waals surface area (Å²) in [4.78, 5) is 14.2. The molecule has 29 heavy (non-hydrogen) atoms. The van der Waals surface area contributed by atoms with E-state index >= 15 is 0 Å². The van der Waals surface area contributed by atoms with Crippen molar-refractivity contribution < 1.29 is 23.4 Å². The van der Waals surface area contributed by atoms with Crippen LogP contribution in [0.5, 0.6) is 17.2 Å². The Bertz CT molecular complexity index is 805. The first-order valence-corrected chi connectivity index (χ1v) is 9.75. The molecular formula is C22H27FN2O4. The summed E-state index contributed by atoms with van der Waals surface area (Å²) < 4.78 is 29.6. The monoisotopic (exact) mass is 402 g/mol. The van der Waals surface area contributed by atoms with Crippen LogP contribution in [0.3, 0.4) is 0 Å². The zero-order chi connectivity index (χ0) is 20.6. The fourth-order valence-corrected chi connectivity index (χ4v) is 3.45. The van der Waals surface area contributed by atoms with Crippen molar-refractivity contribution in [1.29, 1.82) is 0 Å². The fourth-order valence-electron chi connectivity index (χ4n) is 3.45. The molecule has 6 nitrogen and oxygen atoms in total. The van der Waals surface area contributed by atoms with Gasteiger partial charge in [-0.3, -0.25) is 0 Å². The Labute approximate surface area is 170 Å². The number of ether oxygens (including phenoxy) is 3. The summed E-state index contributed by atoms with van der Waals surface area (Å²) in [5.74, 6) is 1.75. The van der Waals surface area contributed by atoms with Crippen molar-refractivity contribution in [3.8, 4) is 17.2 Å². The largest absolute Gasteiger partial charge is 0.493 e. The lowest BCUT2D eigenvalue weighted by atomic mass is 10.1. The van der Waals surface area contributed by atoms with Gasteiger partial charge in [0.2, 0.25) is 0 Å². The minimum Gasteiger partial charge on any atom is -0.493 e. The Morgan fingerprint density at radius 1 is 1.10 bits per heavy atom. The number of rotatable bonds is 7. The third-order valence-electron chi connectivity index (χ3n) is 5.00. The highest BCUT2D eigenvalue weighted by atomic mass is 19.1. The fraction of sp³-hybridized carbons (Fsp3) is 0.409. The Hall–Kier alpha value is -2.96. The van der Waals surface area contributed by atoms with E-state index in [-0.39, 0.29) is 18.0 Å². The molecule has 0 saturated carbocycles. The molecule has 0 radical (unpaired) electrons. The number of hydrogen-bond donors (Lipinski definition) is 1. The highest BCUT2D eigenvalue weighted by Gasteiger charge is 2.24. The first-order chi connectivity index (χ1) is 14.1. The van der Waals surface area contributed by atoms with E-state index in [1.165, 1.54) is 12.1 Å². The van der Waals surface area contributed by atoms with Gasteiger partial charge in [-0.2, -0.15) is 0 Å². The van der Waals surface area contributed by atoms with Crippen molar-refractivity contribution in [3.63, 3.8) is 0 Å². The van der Waals surface area contributed by atoms with Gasteiger partial charge in [-0.1, -0.05) is 12.1 Å². The van der Waals surface area contributed by atoms with Crippen molar-refractivity contribution in [2.45, 2.75) is 25.4 Å². The van der Waals surface area contributed by atoms with Crippen LogP contribution in [0.2, 0.25) is 0 Å². The number of urea groups is 1. The maximum absolute atomic E-state index is 13.0. The third kappa shape index (κ3) is 5.53. The number of carbonyl (C=O) groups is 1. The van der Waals surface area contributed by atoms with Crippen molar-refractivity contribution in [2.24, 2.45) is 0 Å². The van der Waals surface area contributed by atoms with Gasteiger partial charge in [0.25, 0.3) is 0 Å². The summed E-state index contributed by atoms with van der Waals surface area (Å²) in [7, 11) is 3.21. The number of benzene rings is 2. The minimum absolute atomic E-state index is 0.0329. The van der Waals surface area contributed by atoms with Gasteiger partial charge < -0.3 is 24.4 Å². The minimum atomic E-state index is -0.282. The van der Waals surface area contributed by atoms with Crippen LogP contribution in [-0.2, 0) is 6.42 Å². The van der Waals surface area contributed by atoms with Gasteiger partial charge in [-0.05, 0) is 42.3 Å². The normalized spacial score (nSPS) is 14.4. The number of nitrogens with zero attached hydrogens (tertiary/aromatic N) is 1. The molecule has 1 saturated heterocycles. The summed E-state index contributed by atoms with van der Waals surface area (Å²) >= 11 is 0. The average Bonchev–Trinajstić information content (AvgIpc) is 2.75. The topological polar surface area (TPSA) is 60.0 Å². The summed E-state index contributed by atoms with van der Waals surface area (Å²) in [6.07, 6.45) is 2.17. The first-order valence-electron chi connectivity index (χ1n) is 9.75. The van der Waals surface area contributed by atoms with E-state index in [2.05, 4.69) is 5.32 Å². The average molecular weight is 402 g/mol. The molecule has 0 aromatic heterocycles. The van der Waals surface area contributed by atoms with Crippen LogP contribution in [0.1, 0.15) is 18.4 Å².